The summed E-state index contributed by atoms with van der Waals surface area (Å²) < 4.78 is 55.4. The molecule has 2 aromatic carbocycles. The maximum atomic E-state index is 14.1. The van der Waals surface area contributed by atoms with Crippen molar-refractivity contribution in [3.8, 4) is 0 Å². The zero-order valence-electron chi connectivity index (χ0n) is 11.1. The van der Waals surface area contributed by atoms with Gasteiger partial charge in [-0.15, -0.1) is 0 Å². The first-order chi connectivity index (χ1) is 9.95. The molecule has 0 bridgehead atoms. The van der Waals surface area contributed by atoms with Crippen molar-refractivity contribution >= 4 is 15.9 Å². The van der Waals surface area contributed by atoms with Crippen molar-refractivity contribution in [1.29, 1.82) is 0 Å². The van der Waals surface area contributed by atoms with Crippen LogP contribution < -0.4 is 5.32 Å². The molecule has 1 N–H and O–H groups in total. The minimum atomic E-state index is -1.06. The van der Waals surface area contributed by atoms with Gasteiger partial charge in [-0.3, -0.25) is 0 Å². The van der Waals surface area contributed by atoms with Crippen LogP contribution in [-0.4, -0.2) is 6.54 Å². The highest BCUT2D eigenvalue weighted by Crippen LogP contribution is 2.33. The highest BCUT2D eigenvalue weighted by atomic mass is 79.9. The standard InChI is InChI=1S/C15H12BrF4N/c1-2-21-15(13-9(16)4-3-5-10(13)18)14-11(19)6-8(17)7-12(14)20/h3-7,15,21H,2H2,1H3. The van der Waals surface area contributed by atoms with Crippen molar-refractivity contribution < 1.29 is 17.6 Å². The van der Waals surface area contributed by atoms with Crippen molar-refractivity contribution in [3.63, 3.8) is 0 Å². The molecule has 0 fully saturated rings. The van der Waals surface area contributed by atoms with Crippen LogP contribution in [0.3, 0.4) is 0 Å². The Labute approximate surface area is 128 Å². The maximum absolute atomic E-state index is 14.1. The lowest BCUT2D eigenvalue weighted by atomic mass is 9.97. The van der Waals surface area contributed by atoms with E-state index in [4.69, 9.17) is 0 Å². The number of halogens is 5. The monoisotopic (exact) mass is 361 g/mol. The lowest BCUT2D eigenvalue weighted by Gasteiger charge is -2.22. The van der Waals surface area contributed by atoms with Gasteiger partial charge in [-0.25, -0.2) is 17.6 Å². The van der Waals surface area contributed by atoms with Gasteiger partial charge in [-0.05, 0) is 18.7 Å². The van der Waals surface area contributed by atoms with Gasteiger partial charge in [0.2, 0.25) is 0 Å². The summed E-state index contributed by atoms with van der Waals surface area (Å²) in [5.41, 5.74) is -0.340. The van der Waals surface area contributed by atoms with Crippen LogP contribution in [0.15, 0.2) is 34.8 Å². The summed E-state index contributed by atoms with van der Waals surface area (Å²) in [6.07, 6.45) is 0. The fourth-order valence-electron chi connectivity index (χ4n) is 2.17. The van der Waals surface area contributed by atoms with E-state index >= 15 is 0 Å². The van der Waals surface area contributed by atoms with E-state index in [1.165, 1.54) is 12.1 Å². The predicted molar refractivity (Wildman–Crippen MR) is 75.9 cm³/mol. The van der Waals surface area contributed by atoms with Crippen LogP contribution in [0.2, 0.25) is 0 Å². The lowest BCUT2D eigenvalue weighted by molar-refractivity contribution is 0.480. The highest BCUT2D eigenvalue weighted by molar-refractivity contribution is 9.10. The molecule has 0 amide bonds. The largest absolute Gasteiger partial charge is 0.306 e. The first-order valence-corrected chi connectivity index (χ1v) is 7.06. The molecule has 0 saturated heterocycles. The molecule has 2 rings (SSSR count). The van der Waals surface area contributed by atoms with Crippen LogP contribution >= 0.6 is 15.9 Å². The Morgan fingerprint density at radius 2 is 1.62 bits per heavy atom. The molecule has 2 aromatic rings. The Hall–Kier alpha value is -1.40. The minimum absolute atomic E-state index is 0.0729. The van der Waals surface area contributed by atoms with Gasteiger partial charge in [-0.1, -0.05) is 28.9 Å². The van der Waals surface area contributed by atoms with Gasteiger partial charge in [0.05, 0.1) is 6.04 Å². The highest BCUT2D eigenvalue weighted by Gasteiger charge is 2.26. The van der Waals surface area contributed by atoms with Gasteiger partial charge in [0.25, 0.3) is 0 Å². The van der Waals surface area contributed by atoms with Gasteiger partial charge < -0.3 is 5.32 Å². The second-order valence-electron chi connectivity index (χ2n) is 4.41. The van der Waals surface area contributed by atoms with Crippen molar-refractivity contribution in [2.45, 2.75) is 13.0 Å². The smallest absolute Gasteiger partial charge is 0.134 e. The van der Waals surface area contributed by atoms with Gasteiger partial charge in [0, 0.05) is 27.7 Å². The fraction of sp³-hybridized carbons (Fsp3) is 0.200. The van der Waals surface area contributed by atoms with Crippen LogP contribution in [0.1, 0.15) is 24.1 Å². The summed E-state index contributed by atoms with van der Waals surface area (Å²) in [6, 6.07) is 4.34. The molecule has 0 heterocycles. The Morgan fingerprint density at radius 3 is 2.14 bits per heavy atom. The van der Waals surface area contributed by atoms with E-state index in [1.54, 1.807) is 13.0 Å². The Balaban J connectivity index is 2.65. The first kappa shape index (κ1) is 16.0. The van der Waals surface area contributed by atoms with Gasteiger partial charge in [-0.2, -0.15) is 0 Å². The zero-order valence-corrected chi connectivity index (χ0v) is 12.6. The van der Waals surface area contributed by atoms with Crippen molar-refractivity contribution in [3.05, 3.63) is 69.2 Å². The number of rotatable bonds is 4. The van der Waals surface area contributed by atoms with Crippen LogP contribution in [0.5, 0.6) is 0 Å². The summed E-state index contributed by atoms with van der Waals surface area (Å²) >= 11 is 3.18. The second kappa shape index (κ2) is 6.58. The van der Waals surface area contributed by atoms with Crippen LogP contribution in [0, 0.1) is 23.3 Å². The van der Waals surface area contributed by atoms with Crippen LogP contribution in [0.25, 0.3) is 0 Å². The predicted octanol–water partition coefficient (Wildman–Crippen LogP) is 4.70. The number of nitrogens with one attached hydrogen (secondary N) is 1. The molecule has 1 atom stereocenters. The zero-order chi connectivity index (χ0) is 15.6. The van der Waals surface area contributed by atoms with E-state index in [-0.39, 0.29) is 5.56 Å². The Kier molecular flexibility index (Phi) is 5.00. The normalized spacial score (nSPS) is 12.5. The second-order valence-corrected chi connectivity index (χ2v) is 5.26. The topological polar surface area (TPSA) is 12.0 Å². The molecule has 0 aliphatic rings. The average molecular weight is 362 g/mol. The average Bonchev–Trinajstić information content (AvgIpc) is 2.37. The third kappa shape index (κ3) is 3.27. The SMILES string of the molecule is CCNC(c1c(F)cc(F)cc1F)c1c(F)cccc1Br. The molecule has 0 aromatic heterocycles. The van der Waals surface area contributed by atoms with E-state index in [1.807, 2.05) is 0 Å². The molecule has 6 heteroatoms. The Bertz CT molecular complexity index is 617. The van der Waals surface area contributed by atoms with Gasteiger partial charge in [0.15, 0.2) is 0 Å². The minimum Gasteiger partial charge on any atom is -0.306 e. The molecule has 1 unspecified atom stereocenters. The fourth-order valence-corrected chi connectivity index (χ4v) is 2.74. The molecule has 1 nitrogen and oxygen atoms in total. The lowest BCUT2D eigenvalue weighted by Crippen LogP contribution is -2.25. The van der Waals surface area contributed by atoms with E-state index in [2.05, 4.69) is 21.2 Å². The number of hydrogen-bond acceptors (Lipinski definition) is 1. The molecule has 0 aliphatic heterocycles. The molecule has 0 saturated carbocycles. The Morgan fingerprint density at radius 1 is 1.00 bits per heavy atom. The van der Waals surface area contributed by atoms with Gasteiger partial charge in [0.1, 0.15) is 23.3 Å². The van der Waals surface area contributed by atoms with Crippen molar-refractivity contribution in [1.82, 2.24) is 5.32 Å². The van der Waals surface area contributed by atoms with E-state index < -0.39 is 34.9 Å². The molecular formula is C15H12BrF4N. The van der Waals surface area contributed by atoms with E-state index in [0.29, 0.717) is 23.2 Å². The summed E-state index contributed by atoms with van der Waals surface area (Å²) in [4.78, 5) is 0. The van der Waals surface area contributed by atoms with Crippen molar-refractivity contribution in [2.75, 3.05) is 6.54 Å². The number of hydrogen-bond donors (Lipinski definition) is 1. The third-order valence-corrected chi connectivity index (χ3v) is 3.72. The molecule has 112 valence electrons. The molecule has 21 heavy (non-hydrogen) atoms. The van der Waals surface area contributed by atoms with Gasteiger partial charge >= 0.3 is 0 Å². The third-order valence-electron chi connectivity index (χ3n) is 3.03. The van der Waals surface area contributed by atoms with E-state index in [9.17, 15) is 17.6 Å². The molecule has 0 spiro atoms. The summed E-state index contributed by atoms with van der Waals surface area (Å²) in [5, 5.41) is 2.83. The van der Waals surface area contributed by atoms with E-state index in [0.717, 1.165) is 0 Å². The molecule has 0 aliphatic carbocycles. The number of benzene rings is 2. The van der Waals surface area contributed by atoms with Crippen LogP contribution in [-0.2, 0) is 0 Å². The first-order valence-electron chi connectivity index (χ1n) is 6.27. The summed E-state index contributed by atoms with van der Waals surface area (Å²) in [7, 11) is 0. The molecular weight excluding hydrogens is 350 g/mol. The maximum Gasteiger partial charge on any atom is 0.134 e. The quantitative estimate of drug-likeness (QED) is 0.778. The van der Waals surface area contributed by atoms with Crippen molar-refractivity contribution in [2.24, 2.45) is 0 Å². The summed E-state index contributed by atoms with van der Waals surface area (Å²) in [6.45, 7) is 2.07. The van der Waals surface area contributed by atoms with Crippen LogP contribution in [0.4, 0.5) is 17.6 Å². The molecule has 0 radical (unpaired) electrons. The summed E-state index contributed by atoms with van der Waals surface area (Å²) in [5.74, 6) is -3.75.